The normalized spacial score (nSPS) is 17.2. The minimum Gasteiger partial charge on any atom is -0.396 e. The summed E-state index contributed by atoms with van der Waals surface area (Å²) < 4.78 is 0. The van der Waals surface area contributed by atoms with E-state index in [1.165, 1.54) is 6.92 Å². The van der Waals surface area contributed by atoms with E-state index in [2.05, 4.69) is 10.6 Å². The van der Waals surface area contributed by atoms with Gasteiger partial charge in [0.15, 0.2) is 0 Å². The first-order valence-corrected chi connectivity index (χ1v) is 8.11. The second-order valence-corrected chi connectivity index (χ2v) is 5.87. The number of nitrogens with zero attached hydrogens (tertiary/aromatic N) is 1. The molecule has 0 aromatic heterocycles. The molecule has 1 atom stereocenters. The summed E-state index contributed by atoms with van der Waals surface area (Å²) in [5, 5.41) is 14.3. The molecule has 0 aliphatic carbocycles. The summed E-state index contributed by atoms with van der Waals surface area (Å²) in [6.07, 6.45) is 3.17. The Morgan fingerprint density at radius 1 is 1.12 bits per heavy atom. The number of hydrogen-bond donors (Lipinski definition) is 3. The summed E-state index contributed by atoms with van der Waals surface area (Å²) in [6, 6.07) is 6.47. The number of anilines is 2. The van der Waals surface area contributed by atoms with Crippen LogP contribution in [-0.2, 0) is 14.4 Å². The van der Waals surface area contributed by atoms with Crippen molar-refractivity contribution < 1.29 is 19.5 Å². The van der Waals surface area contributed by atoms with E-state index in [9.17, 15) is 14.4 Å². The highest BCUT2D eigenvalue weighted by atomic mass is 16.3. The molecule has 0 bridgehead atoms. The Morgan fingerprint density at radius 2 is 1.75 bits per heavy atom. The number of likely N-dealkylation sites (tertiary alicyclic amines) is 1. The molecule has 1 aromatic carbocycles. The summed E-state index contributed by atoms with van der Waals surface area (Å²) >= 11 is 0. The van der Waals surface area contributed by atoms with Crippen molar-refractivity contribution in [2.75, 3.05) is 23.8 Å². The molecule has 7 nitrogen and oxygen atoms in total. The first kappa shape index (κ1) is 17.9. The molecule has 0 radical (unpaired) electrons. The van der Waals surface area contributed by atoms with Crippen molar-refractivity contribution in [3.8, 4) is 0 Å². The topological polar surface area (TPSA) is 98.7 Å². The maximum absolute atomic E-state index is 12.4. The van der Waals surface area contributed by atoms with Gasteiger partial charge in [0, 0.05) is 37.5 Å². The number of benzene rings is 1. The van der Waals surface area contributed by atoms with Crippen molar-refractivity contribution in [3.63, 3.8) is 0 Å². The molecule has 1 saturated heterocycles. The fraction of sp³-hybridized carbons (Fsp3) is 0.471. The van der Waals surface area contributed by atoms with Crippen LogP contribution in [0.15, 0.2) is 24.3 Å². The largest absolute Gasteiger partial charge is 0.396 e. The molecule has 1 heterocycles. The third-order valence-electron chi connectivity index (χ3n) is 4.01. The molecule has 1 aromatic rings. The Bertz CT molecular complexity index is 598. The maximum atomic E-state index is 12.4. The second kappa shape index (κ2) is 8.44. The molecule has 7 heteroatoms. The SMILES string of the molecule is CC(=O)Nc1ccc(NC(=O)C(=O)N2CCCCC2CCO)cc1. The summed E-state index contributed by atoms with van der Waals surface area (Å²) in [5.41, 5.74) is 1.10. The molecule has 1 aliphatic heterocycles. The van der Waals surface area contributed by atoms with Crippen LogP contribution >= 0.6 is 0 Å². The highest BCUT2D eigenvalue weighted by molar-refractivity contribution is 6.39. The van der Waals surface area contributed by atoms with Gasteiger partial charge in [0.1, 0.15) is 0 Å². The van der Waals surface area contributed by atoms with Gasteiger partial charge in [-0.2, -0.15) is 0 Å². The van der Waals surface area contributed by atoms with Crippen LogP contribution in [0, 0.1) is 0 Å². The highest BCUT2D eigenvalue weighted by Gasteiger charge is 2.30. The summed E-state index contributed by atoms with van der Waals surface area (Å²) in [7, 11) is 0. The number of nitrogens with one attached hydrogen (secondary N) is 2. The Hall–Kier alpha value is -2.41. The van der Waals surface area contributed by atoms with Crippen LogP contribution in [0.4, 0.5) is 11.4 Å². The molecular weight excluding hydrogens is 310 g/mol. The van der Waals surface area contributed by atoms with E-state index in [-0.39, 0.29) is 18.6 Å². The van der Waals surface area contributed by atoms with Gasteiger partial charge in [0.2, 0.25) is 5.91 Å². The Morgan fingerprint density at radius 3 is 2.33 bits per heavy atom. The van der Waals surface area contributed by atoms with E-state index in [0.717, 1.165) is 19.3 Å². The number of aliphatic hydroxyl groups is 1. The molecule has 0 saturated carbocycles. The van der Waals surface area contributed by atoms with Crippen molar-refractivity contribution in [2.45, 2.75) is 38.6 Å². The predicted molar refractivity (Wildman–Crippen MR) is 90.4 cm³/mol. The van der Waals surface area contributed by atoms with Crippen molar-refractivity contribution in [1.82, 2.24) is 4.90 Å². The van der Waals surface area contributed by atoms with Crippen molar-refractivity contribution in [1.29, 1.82) is 0 Å². The van der Waals surface area contributed by atoms with Crippen LogP contribution < -0.4 is 10.6 Å². The number of aliphatic hydroxyl groups excluding tert-OH is 1. The van der Waals surface area contributed by atoms with Gasteiger partial charge in [-0.05, 0) is 49.9 Å². The summed E-state index contributed by atoms with van der Waals surface area (Å²) in [6.45, 7) is 1.95. The average molecular weight is 333 g/mol. The lowest BCUT2D eigenvalue weighted by atomic mass is 9.99. The van der Waals surface area contributed by atoms with Crippen LogP contribution in [-0.4, -0.2) is 46.9 Å². The van der Waals surface area contributed by atoms with Crippen molar-refractivity contribution >= 4 is 29.1 Å². The van der Waals surface area contributed by atoms with Crippen LogP contribution in [0.3, 0.4) is 0 Å². The lowest BCUT2D eigenvalue weighted by Gasteiger charge is -2.35. The van der Waals surface area contributed by atoms with Gasteiger partial charge in [0.25, 0.3) is 0 Å². The zero-order valence-corrected chi connectivity index (χ0v) is 13.7. The third kappa shape index (κ3) is 4.79. The molecule has 0 spiro atoms. The van der Waals surface area contributed by atoms with Crippen LogP contribution in [0.1, 0.15) is 32.6 Å². The van der Waals surface area contributed by atoms with E-state index in [0.29, 0.717) is 24.3 Å². The number of amides is 3. The second-order valence-electron chi connectivity index (χ2n) is 5.87. The van der Waals surface area contributed by atoms with E-state index in [1.807, 2.05) is 0 Å². The fourth-order valence-corrected chi connectivity index (χ4v) is 2.87. The van der Waals surface area contributed by atoms with Crippen LogP contribution in [0.2, 0.25) is 0 Å². The lowest BCUT2D eigenvalue weighted by molar-refractivity contribution is -0.146. The van der Waals surface area contributed by atoms with Gasteiger partial charge in [-0.1, -0.05) is 0 Å². The van der Waals surface area contributed by atoms with Gasteiger partial charge < -0.3 is 20.6 Å². The van der Waals surface area contributed by atoms with E-state index in [4.69, 9.17) is 5.11 Å². The number of piperidine rings is 1. The fourth-order valence-electron chi connectivity index (χ4n) is 2.87. The Labute approximate surface area is 141 Å². The van der Waals surface area contributed by atoms with E-state index >= 15 is 0 Å². The minimum atomic E-state index is -0.688. The molecular formula is C17H23N3O4. The van der Waals surface area contributed by atoms with Crippen molar-refractivity contribution in [2.24, 2.45) is 0 Å². The molecule has 24 heavy (non-hydrogen) atoms. The van der Waals surface area contributed by atoms with Crippen molar-refractivity contribution in [3.05, 3.63) is 24.3 Å². The van der Waals surface area contributed by atoms with E-state index < -0.39 is 11.8 Å². The summed E-state index contributed by atoms with van der Waals surface area (Å²) in [4.78, 5) is 37.1. The Balaban J connectivity index is 1.97. The zero-order valence-electron chi connectivity index (χ0n) is 13.7. The van der Waals surface area contributed by atoms with Crippen LogP contribution in [0.5, 0.6) is 0 Å². The predicted octanol–water partition coefficient (Wildman–Crippen LogP) is 1.35. The number of rotatable bonds is 4. The standard InChI is InChI=1S/C17H23N3O4/c1-12(22)18-13-5-7-14(8-6-13)19-16(23)17(24)20-10-3-2-4-15(20)9-11-21/h5-8,15,21H,2-4,9-11H2,1H3,(H,18,22)(H,19,23). The molecule has 2 rings (SSSR count). The zero-order chi connectivity index (χ0) is 17.5. The average Bonchev–Trinajstić information content (AvgIpc) is 2.56. The van der Waals surface area contributed by atoms with Gasteiger partial charge in [-0.3, -0.25) is 14.4 Å². The molecule has 1 unspecified atom stereocenters. The first-order chi connectivity index (χ1) is 11.5. The molecule has 3 N–H and O–H groups in total. The number of carbonyl (C=O) groups excluding carboxylic acids is 3. The molecule has 3 amide bonds. The quantitative estimate of drug-likeness (QED) is 0.724. The summed E-state index contributed by atoms with van der Waals surface area (Å²) in [5.74, 6) is -1.44. The smallest absolute Gasteiger partial charge is 0.313 e. The van der Waals surface area contributed by atoms with Crippen LogP contribution in [0.25, 0.3) is 0 Å². The van der Waals surface area contributed by atoms with Gasteiger partial charge >= 0.3 is 11.8 Å². The third-order valence-corrected chi connectivity index (χ3v) is 4.01. The van der Waals surface area contributed by atoms with E-state index in [1.54, 1.807) is 29.2 Å². The monoisotopic (exact) mass is 333 g/mol. The van der Waals surface area contributed by atoms with Gasteiger partial charge in [-0.15, -0.1) is 0 Å². The van der Waals surface area contributed by atoms with Gasteiger partial charge in [0.05, 0.1) is 0 Å². The number of hydrogen-bond acceptors (Lipinski definition) is 4. The molecule has 1 fully saturated rings. The Kier molecular flexibility index (Phi) is 6.31. The highest BCUT2D eigenvalue weighted by Crippen LogP contribution is 2.20. The molecule has 130 valence electrons. The minimum absolute atomic E-state index is 0.000671. The molecule has 1 aliphatic rings. The maximum Gasteiger partial charge on any atom is 0.313 e. The van der Waals surface area contributed by atoms with Gasteiger partial charge in [-0.25, -0.2) is 0 Å². The number of carbonyl (C=O) groups is 3. The first-order valence-electron chi connectivity index (χ1n) is 8.11. The lowest BCUT2D eigenvalue weighted by Crippen LogP contribution is -2.48.